The van der Waals surface area contributed by atoms with Crippen molar-refractivity contribution in [2.24, 2.45) is 5.92 Å². The van der Waals surface area contributed by atoms with Gasteiger partial charge in [-0.3, -0.25) is 4.72 Å². The van der Waals surface area contributed by atoms with Crippen molar-refractivity contribution in [3.05, 3.63) is 30.1 Å². The first-order chi connectivity index (χ1) is 9.91. The maximum absolute atomic E-state index is 12.1. The van der Waals surface area contributed by atoms with Crippen LogP contribution in [0.25, 0.3) is 11.5 Å². The molecule has 0 saturated heterocycles. The van der Waals surface area contributed by atoms with Gasteiger partial charge in [-0.1, -0.05) is 24.2 Å². The van der Waals surface area contributed by atoms with E-state index in [1.54, 1.807) is 38.1 Å². The molecule has 1 unspecified atom stereocenters. The number of anilines is 1. The van der Waals surface area contributed by atoms with Crippen molar-refractivity contribution in [2.45, 2.75) is 13.8 Å². The summed E-state index contributed by atoms with van der Waals surface area (Å²) in [5, 5.41) is 3.71. The summed E-state index contributed by atoms with van der Waals surface area (Å²) in [5.74, 6) is 0.857. The van der Waals surface area contributed by atoms with Crippen molar-refractivity contribution < 1.29 is 12.9 Å². The second-order valence-electron chi connectivity index (χ2n) is 4.84. The van der Waals surface area contributed by atoms with Gasteiger partial charge < -0.3 is 4.52 Å². The summed E-state index contributed by atoms with van der Waals surface area (Å²) in [7, 11) is -3.49. The van der Waals surface area contributed by atoms with E-state index < -0.39 is 10.0 Å². The summed E-state index contributed by atoms with van der Waals surface area (Å²) in [6.07, 6.45) is 0. The number of hydrogen-bond acceptors (Lipinski definition) is 5. The quantitative estimate of drug-likeness (QED) is 0.823. The molecule has 6 nitrogen and oxygen atoms in total. The minimum atomic E-state index is -3.49. The number of aromatic nitrogens is 2. The number of hydrogen-bond donors (Lipinski definition) is 1. The summed E-state index contributed by atoms with van der Waals surface area (Å²) in [6, 6.07) is 6.87. The Morgan fingerprint density at radius 1 is 1.38 bits per heavy atom. The summed E-state index contributed by atoms with van der Waals surface area (Å²) < 4.78 is 31.9. The van der Waals surface area contributed by atoms with E-state index in [0.29, 0.717) is 17.1 Å². The molecule has 1 aromatic carbocycles. The number of halogens is 1. The average molecular weight is 330 g/mol. The highest BCUT2D eigenvalue weighted by atomic mass is 35.5. The van der Waals surface area contributed by atoms with Gasteiger partial charge in [0, 0.05) is 5.88 Å². The van der Waals surface area contributed by atoms with E-state index in [2.05, 4.69) is 14.9 Å². The molecule has 0 aliphatic carbocycles. The Hall–Kier alpha value is -1.60. The summed E-state index contributed by atoms with van der Waals surface area (Å²) in [5.41, 5.74) is 0.947. The van der Waals surface area contributed by atoms with E-state index in [4.69, 9.17) is 16.1 Å². The zero-order valence-corrected chi connectivity index (χ0v) is 13.3. The highest BCUT2D eigenvalue weighted by Crippen LogP contribution is 2.27. The van der Waals surface area contributed by atoms with E-state index in [9.17, 15) is 8.42 Å². The maximum Gasteiger partial charge on any atom is 0.260 e. The fraction of sp³-hybridized carbons (Fsp3) is 0.385. The monoisotopic (exact) mass is 329 g/mol. The lowest BCUT2D eigenvalue weighted by molar-refractivity contribution is 0.426. The normalized spacial score (nSPS) is 13.1. The number of nitrogens with one attached hydrogen (secondary N) is 1. The molecule has 0 aliphatic heterocycles. The van der Waals surface area contributed by atoms with Crippen LogP contribution in [0.15, 0.2) is 28.8 Å². The van der Waals surface area contributed by atoms with E-state index >= 15 is 0 Å². The third-order valence-corrected chi connectivity index (χ3v) is 4.78. The molecule has 1 atom stereocenters. The van der Waals surface area contributed by atoms with Crippen LogP contribution in [-0.4, -0.2) is 30.2 Å². The number of benzene rings is 1. The number of alkyl halides is 1. The topological polar surface area (TPSA) is 85.1 Å². The molecule has 0 saturated carbocycles. The van der Waals surface area contributed by atoms with Crippen molar-refractivity contribution in [1.82, 2.24) is 10.1 Å². The highest BCUT2D eigenvalue weighted by molar-refractivity contribution is 7.92. The lowest BCUT2D eigenvalue weighted by Crippen LogP contribution is -2.22. The van der Waals surface area contributed by atoms with E-state index in [1.807, 2.05) is 0 Å². The van der Waals surface area contributed by atoms with Gasteiger partial charge in [0.15, 0.2) is 5.82 Å². The Balaban J connectivity index is 2.29. The zero-order valence-electron chi connectivity index (χ0n) is 11.7. The molecular formula is C13H16ClN3O3S. The predicted molar refractivity (Wildman–Crippen MR) is 81.8 cm³/mol. The van der Waals surface area contributed by atoms with Gasteiger partial charge >= 0.3 is 0 Å². The molecular weight excluding hydrogens is 314 g/mol. The lowest BCUT2D eigenvalue weighted by atomic mass is 10.2. The largest absolute Gasteiger partial charge is 0.334 e. The molecule has 0 spiro atoms. The number of aryl methyl sites for hydroxylation is 1. The van der Waals surface area contributed by atoms with Gasteiger partial charge in [-0.05, 0) is 25.0 Å². The van der Waals surface area contributed by atoms with Crippen LogP contribution >= 0.6 is 11.6 Å². The Labute approximate surface area is 128 Å². The van der Waals surface area contributed by atoms with Crippen LogP contribution in [-0.2, 0) is 10.0 Å². The van der Waals surface area contributed by atoms with E-state index in [0.717, 1.165) is 0 Å². The summed E-state index contributed by atoms with van der Waals surface area (Å²) >= 11 is 5.67. The molecule has 21 heavy (non-hydrogen) atoms. The predicted octanol–water partition coefficient (Wildman–Crippen LogP) is 2.66. The average Bonchev–Trinajstić information content (AvgIpc) is 2.84. The minimum absolute atomic E-state index is 0.0479. The Kier molecular flexibility index (Phi) is 4.84. The number of sulfonamides is 1. The summed E-state index contributed by atoms with van der Waals surface area (Å²) in [4.78, 5) is 4.11. The van der Waals surface area contributed by atoms with Gasteiger partial charge in [-0.2, -0.15) is 4.98 Å². The molecule has 0 aliphatic rings. The van der Waals surface area contributed by atoms with Gasteiger partial charge in [0.1, 0.15) is 0 Å². The molecule has 114 valence electrons. The molecule has 0 radical (unpaired) electrons. The van der Waals surface area contributed by atoms with Crippen LogP contribution in [0.1, 0.15) is 12.7 Å². The number of para-hydroxylation sites is 1. The molecule has 0 fully saturated rings. The van der Waals surface area contributed by atoms with Crippen LogP contribution in [0.3, 0.4) is 0 Å². The molecule has 2 aromatic rings. The van der Waals surface area contributed by atoms with Gasteiger partial charge in [0.2, 0.25) is 10.0 Å². The lowest BCUT2D eigenvalue weighted by Gasteiger charge is -2.12. The summed E-state index contributed by atoms with van der Waals surface area (Å²) in [6.45, 7) is 3.47. The Morgan fingerprint density at radius 3 is 2.71 bits per heavy atom. The third-order valence-electron chi connectivity index (χ3n) is 2.72. The first-order valence-electron chi connectivity index (χ1n) is 6.37. The number of nitrogens with zero attached hydrogens (tertiary/aromatic N) is 2. The molecule has 0 bridgehead atoms. The highest BCUT2D eigenvalue weighted by Gasteiger charge is 2.18. The first-order valence-corrected chi connectivity index (χ1v) is 8.56. The van der Waals surface area contributed by atoms with Crippen molar-refractivity contribution >= 4 is 27.3 Å². The standard InChI is InChI=1S/C13H16ClN3O3S/c1-9(7-14)8-21(18,19)17-12-6-4-3-5-11(12)13-15-10(2)16-20-13/h3-6,9,17H,7-8H2,1-2H3. The second kappa shape index (κ2) is 6.44. The van der Waals surface area contributed by atoms with Gasteiger partial charge in [0.25, 0.3) is 5.89 Å². The Morgan fingerprint density at radius 2 is 2.10 bits per heavy atom. The molecule has 8 heteroatoms. The van der Waals surface area contributed by atoms with Gasteiger partial charge in [-0.15, -0.1) is 11.6 Å². The van der Waals surface area contributed by atoms with Crippen LogP contribution in [0.2, 0.25) is 0 Å². The fourth-order valence-corrected chi connectivity index (χ4v) is 3.50. The van der Waals surface area contributed by atoms with E-state index in [-0.39, 0.29) is 23.4 Å². The van der Waals surface area contributed by atoms with Crippen molar-refractivity contribution in [3.63, 3.8) is 0 Å². The fourth-order valence-electron chi connectivity index (χ4n) is 1.79. The van der Waals surface area contributed by atoms with Crippen LogP contribution < -0.4 is 4.72 Å². The smallest absolute Gasteiger partial charge is 0.260 e. The Bertz CT molecular complexity index is 715. The maximum atomic E-state index is 12.1. The molecule has 1 N–H and O–H groups in total. The minimum Gasteiger partial charge on any atom is -0.334 e. The zero-order chi connectivity index (χ0) is 15.5. The molecule has 2 rings (SSSR count). The third kappa shape index (κ3) is 4.18. The van der Waals surface area contributed by atoms with Crippen LogP contribution in [0, 0.1) is 12.8 Å². The van der Waals surface area contributed by atoms with Crippen molar-refractivity contribution in [1.29, 1.82) is 0 Å². The van der Waals surface area contributed by atoms with Gasteiger partial charge in [-0.25, -0.2) is 8.42 Å². The first kappa shape index (κ1) is 15.8. The van der Waals surface area contributed by atoms with Crippen LogP contribution in [0.5, 0.6) is 0 Å². The number of rotatable bonds is 6. The van der Waals surface area contributed by atoms with Crippen LogP contribution in [0.4, 0.5) is 5.69 Å². The van der Waals surface area contributed by atoms with Crippen molar-refractivity contribution in [3.8, 4) is 11.5 Å². The molecule has 1 heterocycles. The van der Waals surface area contributed by atoms with Crippen molar-refractivity contribution in [2.75, 3.05) is 16.4 Å². The second-order valence-corrected chi connectivity index (χ2v) is 6.91. The molecule has 0 amide bonds. The van der Waals surface area contributed by atoms with Gasteiger partial charge in [0.05, 0.1) is 17.0 Å². The molecule has 1 aromatic heterocycles. The van der Waals surface area contributed by atoms with E-state index in [1.165, 1.54) is 0 Å². The SMILES string of the molecule is Cc1noc(-c2ccccc2NS(=O)(=O)CC(C)CCl)n1.